The second-order valence-electron chi connectivity index (χ2n) is 10.3. The Kier molecular flexibility index (Phi) is 6.58. The maximum Gasteiger partial charge on any atom is 0.275 e. The Morgan fingerprint density at radius 2 is 1.47 bits per heavy atom. The van der Waals surface area contributed by atoms with E-state index < -0.39 is 41.4 Å². The van der Waals surface area contributed by atoms with Crippen molar-refractivity contribution >= 4 is 69.9 Å². The zero-order valence-corrected chi connectivity index (χ0v) is 22.9. The summed E-state index contributed by atoms with van der Waals surface area (Å²) < 4.78 is 0. The molecule has 2 aromatic carbocycles. The molecule has 10 heteroatoms. The standard InChI is InChI=1S/C28H22Cl4N2O4/c29-10-9-22(25(35)13-1-3-14(30)4-2-13)33(26(36)18-6-5-15(31)11-21(18)32)34-27(37)23-16-7-8-17(20-12-19(16)20)24(23)28(34)38/h1-8,11,16-17,19-20,22-24H,9-10,12H2/t16-,17-,19-,20-,22-,23+,24+/m0/s1. The Morgan fingerprint density at radius 3 is 2.03 bits per heavy atom. The fourth-order valence-corrected chi connectivity index (χ4v) is 7.41. The Morgan fingerprint density at radius 1 is 0.895 bits per heavy atom. The van der Waals surface area contributed by atoms with Crippen LogP contribution in [0.1, 0.15) is 33.6 Å². The molecule has 6 nitrogen and oxygen atoms in total. The van der Waals surface area contributed by atoms with Gasteiger partial charge >= 0.3 is 0 Å². The molecule has 2 aromatic rings. The van der Waals surface area contributed by atoms with Crippen LogP contribution in [-0.4, -0.2) is 45.4 Å². The summed E-state index contributed by atoms with van der Waals surface area (Å²) in [4.78, 5) is 56.0. The average molecular weight is 592 g/mol. The van der Waals surface area contributed by atoms with Gasteiger partial charge in [-0.05, 0) is 79.0 Å². The molecule has 0 radical (unpaired) electrons. The number of hydrogen-bond donors (Lipinski definition) is 0. The first-order valence-corrected chi connectivity index (χ1v) is 14.1. The van der Waals surface area contributed by atoms with E-state index in [4.69, 9.17) is 46.4 Å². The van der Waals surface area contributed by atoms with Gasteiger partial charge in [0, 0.05) is 21.5 Å². The van der Waals surface area contributed by atoms with Gasteiger partial charge in [-0.2, -0.15) is 5.01 Å². The van der Waals surface area contributed by atoms with Gasteiger partial charge in [0.15, 0.2) is 5.78 Å². The molecular formula is C28H22Cl4N2O4. The van der Waals surface area contributed by atoms with Gasteiger partial charge in [-0.3, -0.25) is 19.2 Å². The van der Waals surface area contributed by atoms with Crippen LogP contribution in [0.5, 0.6) is 0 Å². The Bertz CT molecular complexity index is 1360. The molecule has 3 amide bonds. The number of rotatable bonds is 7. The van der Waals surface area contributed by atoms with E-state index in [0.29, 0.717) is 21.9 Å². The number of alkyl halides is 1. The van der Waals surface area contributed by atoms with Crippen molar-refractivity contribution in [1.82, 2.24) is 10.0 Å². The van der Waals surface area contributed by atoms with Crippen molar-refractivity contribution in [3.63, 3.8) is 0 Å². The molecular weight excluding hydrogens is 570 g/mol. The van der Waals surface area contributed by atoms with Crippen molar-refractivity contribution in [2.45, 2.75) is 18.9 Å². The zero-order chi connectivity index (χ0) is 26.9. The van der Waals surface area contributed by atoms with Gasteiger partial charge in [0.25, 0.3) is 17.7 Å². The van der Waals surface area contributed by atoms with E-state index in [2.05, 4.69) is 0 Å². The molecule has 2 saturated carbocycles. The maximum absolute atomic E-state index is 14.1. The molecule has 5 aliphatic rings. The Hall–Kier alpha value is -2.38. The number of Topliss-reactive ketones (excluding diaryl/α,β-unsaturated/α-hetero) is 1. The number of carbonyl (C=O) groups is 4. The fourth-order valence-electron chi connectivity index (χ4n) is 6.59. The molecule has 0 aromatic heterocycles. The molecule has 2 bridgehead atoms. The van der Waals surface area contributed by atoms with Crippen molar-refractivity contribution in [3.8, 4) is 0 Å². The third-order valence-corrected chi connectivity index (χ3v) is 9.35. The highest BCUT2D eigenvalue weighted by Crippen LogP contribution is 2.65. The van der Waals surface area contributed by atoms with Gasteiger partial charge in [-0.25, -0.2) is 5.01 Å². The van der Waals surface area contributed by atoms with Gasteiger partial charge in [0.05, 0.1) is 22.4 Å². The summed E-state index contributed by atoms with van der Waals surface area (Å²) in [5, 5.41) is 2.68. The number of hydrazine groups is 1. The molecule has 0 spiro atoms. The number of carbonyl (C=O) groups excluding carboxylic acids is 4. The van der Waals surface area contributed by atoms with Crippen molar-refractivity contribution in [1.29, 1.82) is 0 Å². The number of allylic oxidation sites excluding steroid dienone is 2. The number of imide groups is 1. The van der Waals surface area contributed by atoms with Crippen LogP contribution in [-0.2, 0) is 9.59 Å². The van der Waals surface area contributed by atoms with Crippen LogP contribution in [0.2, 0.25) is 15.1 Å². The molecule has 7 atom stereocenters. The largest absolute Gasteiger partial charge is 0.292 e. The number of amides is 3. The maximum atomic E-state index is 14.1. The molecule has 4 aliphatic carbocycles. The second-order valence-corrected chi connectivity index (χ2v) is 11.9. The smallest absolute Gasteiger partial charge is 0.275 e. The number of halogens is 4. The summed E-state index contributed by atoms with van der Waals surface area (Å²) in [7, 11) is 0. The van der Waals surface area contributed by atoms with E-state index in [1.807, 2.05) is 12.2 Å². The summed E-state index contributed by atoms with van der Waals surface area (Å²) in [6.45, 7) is 0. The lowest BCUT2D eigenvalue weighted by atomic mass is 9.63. The van der Waals surface area contributed by atoms with E-state index in [0.717, 1.165) is 16.4 Å². The molecule has 3 fully saturated rings. The van der Waals surface area contributed by atoms with Crippen LogP contribution in [0.4, 0.5) is 0 Å². The third-order valence-electron chi connectivity index (χ3n) is 8.33. The monoisotopic (exact) mass is 590 g/mol. The molecule has 7 rings (SSSR count). The van der Waals surface area contributed by atoms with Crippen LogP contribution < -0.4 is 0 Å². The van der Waals surface area contributed by atoms with Crippen molar-refractivity contribution < 1.29 is 19.2 Å². The normalized spacial score (nSPS) is 29.2. The number of benzene rings is 2. The molecule has 1 heterocycles. The summed E-state index contributed by atoms with van der Waals surface area (Å²) in [5.74, 6) is -2.61. The highest BCUT2D eigenvalue weighted by Gasteiger charge is 2.68. The molecule has 196 valence electrons. The molecule has 0 N–H and O–H groups in total. The summed E-state index contributed by atoms with van der Waals surface area (Å²) >= 11 is 24.6. The average Bonchev–Trinajstić information content (AvgIpc) is 3.68. The summed E-state index contributed by atoms with van der Waals surface area (Å²) in [5.41, 5.74) is 0.281. The van der Waals surface area contributed by atoms with E-state index in [-0.39, 0.29) is 40.3 Å². The highest BCUT2D eigenvalue weighted by molar-refractivity contribution is 6.37. The van der Waals surface area contributed by atoms with Crippen LogP contribution >= 0.6 is 46.4 Å². The Labute approximate surface area is 239 Å². The fraction of sp³-hybridized carbons (Fsp3) is 0.357. The van der Waals surface area contributed by atoms with Gasteiger partial charge in [-0.15, -0.1) is 11.6 Å². The van der Waals surface area contributed by atoms with Crippen LogP contribution in [0.15, 0.2) is 54.6 Å². The SMILES string of the molecule is O=C(c1ccc(Cl)cc1)[C@H](CCCl)N(C(=O)c1ccc(Cl)cc1Cl)N1C(=O)[C@@H]2[C@H]3C=C[C@@H]([C@@H]4C[C@@H]34)[C@H]2C1=O. The molecule has 0 unspecified atom stereocenters. The predicted molar refractivity (Wildman–Crippen MR) is 144 cm³/mol. The first kappa shape index (κ1) is 25.9. The van der Waals surface area contributed by atoms with Crippen molar-refractivity contribution in [3.05, 3.63) is 80.8 Å². The van der Waals surface area contributed by atoms with Crippen LogP contribution in [0.25, 0.3) is 0 Å². The van der Waals surface area contributed by atoms with Gasteiger partial charge in [0.2, 0.25) is 0 Å². The molecule has 1 saturated heterocycles. The molecule has 38 heavy (non-hydrogen) atoms. The van der Waals surface area contributed by atoms with Gasteiger partial charge in [0.1, 0.15) is 6.04 Å². The first-order chi connectivity index (χ1) is 18.2. The highest BCUT2D eigenvalue weighted by atomic mass is 35.5. The van der Waals surface area contributed by atoms with Crippen molar-refractivity contribution in [2.75, 3.05) is 5.88 Å². The lowest BCUT2D eigenvalue weighted by Crippen LogP contribution is -2.57. The predicted octanol–water partition coefficient (Wildman–Crippen LogP) is 5.94. The van der Waals surface area contributed by atoms with E-state index in [9.17, 15) is 19.2 Å². The summed E-state index contributed by atoms with van der Waals surface area (Å²) in [6, 6.07) is 9.27. The summed E-state index contributed by atoms with van der Waals surface area (Å²) in [6.07, 6.45) is 5.10. The van der Waals surface area contributed by atoms with Gasteiger partial charge in [-0.1, -0.05) is 47.0 Å². The topological polar surface area (TPSA) is 74.8 Å². The zero-order valence-electron chi connectivity index (χ0n) is 19.9. The minimum absolute atomic E-state index is 0.00214. The number of hydrogen-bond acceptors (Lipinski definition) is 4. The number of ketones is 1. The van der Waals surface area contributed by atoms with Crippen LogP contribution in [0.3, 0.4) is 0 Å². The van der Waals surface area contributed by atoms with E-state index >= 15 is 0 Å². The van der Waals surface area contributed by atoms with Crippen LogP contribution in [0, 0.1) is 35.5 Å². The minimum Gasteiger partial charge on any atom is -0.292 e. The number of nitrogens with zero attached hydrogens (tertiary/aromatic N) is 2. The third kappa shape index (κ3) is 4.00. The lowest BCUT2D eigenvalue weighted by Gasteiger charge is -2.37. The van der Waals surface area contributed by atoms with Crippen molar-refractivity contribution in [2.24, 2.45) is 35.5 Å². The van der Waals surface area contributed by atoms with E-state index in [1.165, 1.54) is 30.3 Å². The van der Waals surface area contributed by atoms with E-state index in [1.54, 1.807) is 12.1 Å². The second kappa shape index (κ2) is 9.67. The molecule has 1 aliphatic heterocycles. The first-order valence-electron chi connectivity index (χ1n) is 12.4. The Balaban J connectivity index is 1.45. The lowest BCUT2D eigenvalue weighted by molar-refractivity contribution is -0.157. The quantitative estimate of drug-likeness (QED) is 0.173. The van der Waals surface area contributed by atoms with Gasteiger partial charge < -0.3 is 0 Å². The minimum atomic E-state index is -1.24.